The van der Waals surface area contributed by atoms with E-state index in [1.807, 2.05) is 11.5 Å². The number of benzene rings is 1. The summed E-state index contributed by atoms with van der Waals surface area (Å²) in [5.41, 5.74) is 7.31. The van der Waals surface area contributed by atoms with E-state index in [2.05, 4.69) is 5.16 Å². The van der Waals surface area contributed by atoms with Gasteiger partial charge in [-0.3, -0.25) is 0 Å². The molecule has 0 spiro atoms. The molecule has 2 N–H and O–H groups in total. The molecule has 3 rings (SSSR count). The van der Waals surface area contributed by atoms with E-state index in [1.54, 1.807) is 7.05 Å². The predicted molar refractivity (Wildman–Crippen MR) is 72.6 cm³/mol. The Morgan fingerprint density at radius 3 is 2.52 bits per heavy atom. The zero-order chi connectivity index (χ0) is 15.4. The first-order chi connectivity index (χ1) is 9.79. The van der Waals surface area contributed by atoms with Crippen LogP contribution in [0.5, 0.6) is 0 Å². The van der Waals surface area contributed by atoms with Gasteiger partial charge in [0.1, 0.15) is 5.69 Å². The SMILES string of the molecule is Cc1c(-c2cc(N)on2)c2cc(C(F)(F)F)ccc2n1C. The Bertz CT molecular complexity index is 830. The first-order valence-electron chi connectivity index (χ1n) is 6.18. The second kappa shape index (κ2) is 4.28. The van der Waals surface area contributed by atoms with Crippen LogP contribution in [-0.2, 0) is 13.2 Å². The molecule has 2 aromatic heterocycles. The standard InChI is InChI=1S/C14H12F3N3O/c1-7-13(10-6-12(18)21-19-10)9-5-8(14(15,16)17)3-4-11(9)20(7)2/h3-6H,18H2,1-2H3. The van der Waals surface area contributed by atoms with Gasteiger partial charge in [-0.1, -0.05) is 5.16 Å². The monoisotopic (exact) mass is 295 g/mol. The predicted octanol–water partition coefficient (Wildman–Crippen LogP) is 3.74. The maximum absolute atomic E-state index is 12.9. The van der Waals surface area contributed by atoms with Crippen molar-refractivity contribution in [2.75, 3.05) is 5.73 Å². The minimum atomic E-state index is -4.39. The average molecular weight is 295 g/mol. The fraction of sp³-hybridized carbons (Fsp3) is 0.214. The van der Waals surface area contributed by atoms with E-state index in [0.29, 0.717) is 22.2 Å². The molecular weight excluding hydrogens is 283 g/mol. The van der Waals surface area contributed by atoms with Gasteiger partial charge in [0.05, 0.1) is 5.56 Å². The molecule has 7 heteroatoms. The van der Waals surface area contributed by atoms with E-state index in [0.717, 1.165) is 17.8 Å². The zero-order valence-corrected chi connectivity index (χ0v) is 11.3. The Balaban J connectivity index is 2.35. The van der Waals surface area contributed by atoms with Crippen molar-refractivity contribution in [3.8, 4) is 11.3 Å². The highest BCUT2D eigenvalue weighted by atomic mass is 19.4. The highest BCUT2D eigenvalue weighted by molar-refractivity contribution is 5.97. The summed E-state index contributed by atoms with van der Waals surface area (Å²) in [7, 11) is 1.79. The molecule has 0 atom stereocenters. The number of nitrogens with zero attached hydrogens (tertiary/aromatic N) is 2. The van der Waals surface area contributed by atoms with Crippen molar-refractivity contribution in [1.82, 2.24) is 9.72 Å². The van der Waals surface area contributed by atoms with Crippen LogP contribution in [0.4, 0.5) is 19.1 Å². The van der Waals surface area contributed by atoms with E-state index in [4.69, 9.17) is 10.3 Å². The minimum Gasteiger partial charge on any atom is -0.368 e. The average Bonchev–Trinajstić information content (AvgIpc) is 2.92. The molecule has 0 radical (unpaired) electrons. The molecule has 1 aromatic carbocycles. The van der Waals surface area contributed by atoms with Crippen LogP contribution in [0.2, 0.25) is 0 Å². The molecule has 0 unspecified atom stereocenters. The second-order valence-electron chi connectivity index (χ2n) is 4.86. The maximum Gasteiger partial charge on any atom is 0.416 e. The fourth-order valence-corrected chi connectivity index (χ4v) is 2.48. The van der Waals surface area contributed by atoms with E-state index in [9.17, 15) is 13.2 Å². The lowest BCUT2D eigenvalue weighted by atomic mass is 10.1. The Morgan fingerprint density at radius 1 is 1.24 bits per heavy atom. The van der Waals surface area contributed by atoms with E-state index in [-0.39, 0.29) is 5.88 Å². The van der Waals surface area contributed by atoms with Crippen LogP contribution in [0.1, 0.15) is 11.3 Å². The second-order valence-corrected chi connectivity index (χ2v) is 4.86. The van der Waals surface area contributed by atoms with Crippen LogP contribution in [0.15, 0.2) is 28.8 Å². The number of nitrogen functional groups attached to an aromatic ring is 1. The molecule has 21 heavy (non-hydrogen) atoms. The van der Waals surface area contributed by atoms with E-state index < -0.39 is 11.7 Å². The van der Waals surface area contributed by atoms with Crippen LogP contribution < -0.4 is 5.73 Å². The third-order valence-electron chi connectivity index (χ3n) is 3.60. The van der Waals surface area contributed by atoms with Crippen LogP contribution in [0.3, 0.4) is 0 Å². The number of hydrogen-bond donors (Lipinski definition) is 1. The highest BCUT2D eigenvalue weighted by Crippen LogP contribution is 2.38. The van der Waals surface area contributed by atoms with Crippen molar-refractivity contribution in [3.63, 3.8) is 0 Å². The van der Waals surface area contributed by atoms with Crippen LogP contribution >= 0.6 is 0 Å². The lowest BCUT2D eigenvalue weighted by Gasteiger charge is -2.06. The van der Waals surface area contributed by atoms with Gasteiger partial charge in [0.2, 0.25) is 5.88 Å². The highest BCUT2D eigenvalue weighted by Gasteiger charge is 2.31. The molecule has 0 aliphatic heterocycles. The summed E-state index contributed by atoms with van der Waals surface area (Å²) >= 11 is 0. The van der Waals surface area contributed by atoms with Crippen molar-refractivity contribution >= 4 is 16.8 Å². The Morgan fingerprint density at radius 2 is 1.95 bits per heavy atom. The Labute approximate surface area is 117 Å². The van der Waals surface area contributed by atoms with E-state index in [1.165, 1.54) is 12.1 Å². The van der Waals surface area contributed by atoms with Gasteiger partial charge in [-0.2, -0.15) is 13.2 Å². The van der Waals surface area contributed by atoms with Gasteiger partial charge in [-0.05, 0) is 25.1 Å². The topological polar surface area (TPSA) is 57.0 Å². The summed E-state index contributed by atoms with van der Waals surface area (Å²) in [4.78, 5) is 0. The van der Waals surface area contributed by atoms with Crippen molar-refractivity contribution < 1.29 is 17.7 Å². The third-order valence-corrected chi connectivity index (χ3v) is 3.60. The molecule has 3 aromatic rings. The third kappa shape index (κ3) is 2.05. The number of halogens is 3. The smallest absolute Gasteiger partial charge is 0.368 e. The van der Waals surface area contributed by atoms with Gasteiger partial charge >= 0.3 is 6.18 Å². The first kappa shape index (κ1) is 13.5. The van der Waals surface area contributed by atoms with Gasteiger partial charge in [0.25, 0.3) is 0 Å². The number of hydrogen-bond acceptors (Lipinski definition) is 3. The minimum absolute atomic E-state index is 0.119. The van der Waals surface area contributed by atoms with Crippen molar-refractivity contribution in [2.24, 2.45) is 7.05 Å². The first-order valence-corrected chi connectivity index (χ1v) is 6.18. The fourth-order valence-electron chi connectivity index (χ4n) is 2.48. The normalized spacial score (nSPS) is 12.2. The van der Waals surface area contributed by atoms with Crippen LogP contribution in [0.25, 0.3) is 22.2 Å². The number of rotatable bonds is 1. The molecule has 0 saturated carbocycles. The maximum atomic E-state index is 12.9. The Kier molecular flexibility index (Phi) is 2.76. The molecule has 0 bridgehead atoms. The van der Waals surface area contributed by atoms with Crippen molar-refractivity contribution in [3.05, 3.63) is 35.5 Å². The number of nitrogens with two attached hydrogens (primary N) is 1. The molecule has 110 valence electrons. The lowest BCUT2D eigenvalue weighted by Crippen LogP contribution is -2.04. The molecule has 0 fully saturated rings. The molecule has 0 saturated heterocycles. The molecule has 0 aliphatic rings. The van der Waals surface area contributed by atoms with Crippen LogP contribution in [0, 0.1) is 6.92 Å². The largest absolute Gasteiger partial charge is 0.416 e. The van der Waals surface area contributed by atoms with Gasteiger partial charge in [-0.15, -0.1) is 0 Å². The molecule has 4 nitrogen and oxygen atoms in total. The summed E-state index contributed by atoms with van der Waals surface area (Å²) in [6, 6.07) is 5.16. The lowest BCUT2D eigenvalue weighted by molar-refractivity contribution is -0.137. The summed E-state index contributed by atoms with van der Waals surface area (Å²) < 4.78 is 45.3. The number of aromatic nitrogens is 2. The van der Waals surface area contributed by atoms with Gasteiger partial charge in [-0.25, -0.2) is 0 Å². The number of anilines is 1. The molecular formula is C14H12F3N3O. The van der Waals surface area contributed by atoms with Crippen molar-refractivity contribution in [1.29, 1.82) is 0 Å². The Hall–Kier alpha value is -2.44. The number of aryl methyl sites for hydroxylation is 1. The number of fused-ring (bicyclic) bond motifs is 1. The quantitative estimate of drug-likeness (QED) is 0.744. The summed E-state index contributed by atoms with van der Waals surface area (Å²) in [6.45, 7) is 1.81. The van der Waals surface area contributed by atoms with Gasteiger partial charge in [0.15, 0.2) is 0 Å². The van der Waals surface area contributed by atoms with Crippen LogP contribution in [-0.4, -0.2) is 9.72 Å². The summed E-state index contributed by atoms with van der Waals surface area (Å²) in [6.07, 6.45) is -4.39. The summed E-state index contributed by atoms with van der Waals surface area (Å²) in [5, 5.41) is 4.28. The summed E-state index contributed by atoms with van der Waals surface area (Å²) in [5.74, 6) is 0.119. The van der Waals surface area contributed by atoms with E-state index >= 15 is 0 Å². The molecule has 0 amide bonds. The molecule has 2 heterocycles. The number of alkyl halides is 3. The van der Waals surface area contributed by atoms with Crippen molar-refractivity contribution in [2.45, 2.75) is 13.1 Å². The molecule has 0 aliphatic carbocycles. The van der Waals surface area contributed by atoms with Gasteiger partial charge < -0.3 is 14.8 Å². The van der Waals surface area contributed by atoms with Gasteiger partial charge in [0, 0.05) is 35.3 Å². The zero-order valence-electron chi connectivity index (χ0n) is 11.3.